The van der Waals surface area contributed by atoms with Crippen molar-refractivity contribution in [1.29, 1.82) is 0 Å². The number of hydrogen-bond acceptors (Lipinski definition) is 6. The van der Waals surface area contributed by atoms with Gasteiger partial charge in [0.15, 0.2) is 5.69 Å². The average molecular weight is 394 g/mol. The largest absolute Gasteiger partial charge is 0.461 e. The number of H-pyrrole nitrogens is 1. The molecule has 0 atom stereocenters. The zero-order valence-electron chi connectivity index (χ0n) is 16.1. The van der Waals surface area contributed by atoms with Gasteiger partial charge in [0.1, 0.15) is 11.6 Å². The molecule has 0 saturated carbocycles. The summed E-state index contributed by atoms with van der Waals surface area (Å²) in [7, 11) is 0. The Hall–Kier alpha value is -3.39. The van der Waals surface area contributed by atoms with Gasteiger partial charge in [-0.2, -0.15) is 0 Å². The van der Waals surface area contributed by atoms with E-state index in [2.05, 4.69) is 14.9 Å². The number of aromatic amines is 1. The van der Waals surface area contributed by atoms with Gasteiger partial charge in [-0.3, -0.25) is 0 Å². The number of imidazole rings is 1. The second-order valence-corrected chi connectivity index (χ2v) is 6.53. The van der Waals surface area contributed by atoms with E-state index in [9.17, 15) is 9.59 Å². The van der Waals surface area contributed by atoms with Gasteiger partial charge in [-0.05, 0) is 19.1 Å². The van der Waals surface area contributed by atoms with E-state index >= 15 is 0 Å². The van der Waals surface area contributed by atoms with Crippen molar-refractivity contribution in [3.8, 4) is 17.1 Å². The van der Waals surface area contributed by atoms with E-state index in [1.165, 1.54) is 4.57 Å². The summed E-state index contributed by atoms with van der Waals surface area (Å²) >= 11 is 0. The summed E-state index contributed by atoms with van der Waals surface area (Å²) in [6, 6.07) is 14.6. The number of esters is 1. The summed E-state index contributed by atoms with van der Waals surface area (Å²) in [4.78, 5) is 35.2. The number of hydrogen-bond donors (Lipinski definition) is 1. The first kappa shape index (κ1) is 18.9. The lowest BCUT2D eigenvalue weighted by atomic mass is 10.1. The number of aromatic nitrogens is 3. The van der Waals surface area contributed by atoms with Gasteiger partial charge in [0.2, 0.25) is 0 Å². The zero-order chi connectivity index (χ0) is 20.2. The first-order valence-electron chi connectivity index (χ1n) is 9.56. The monoisotopic (exact) mass is 394 g/mol. The summed E-state index contributed by atoms with van der Waals surface area (Å²) in [5, 5.41) is 0. The molecular weight excluding hydrogens is 372 g/mol. The van der Waals surface area contributed by atoms with Crippen LogP contribution in [0.25, 0.3) is 17.1 Å². The van der Waals surface area contributed by atoms with Crippen molar-refractivity contribution in [2.75, 3.05) is 37.8 Å². The van der Waals surface area contributed by atoms with E-state index in [0.717, 1.165) is 24.5 Å². The van der Waals surface area contributed by atoms with E-state index < -0.39 is 11.7 Å². The van der Waals surface area contributed by atoms with E-state index in [1.807, 2.05) is 42.5 Å². The van der Waals surface area contributed by atoms with Gasteiger partial charge in [-0.1, -0.05) is 36.4 Å². The normalized spacial score (nSPS) is 14.0. The highest BCUT2D eigenvalue weighted by molar-refractivity contribution is 5.95. The van der Waals surface area contributed by atoms with E-state index in [-0.39, 0.29) is 12.3 Å². The second kappa shape index (κ2) is 8.32. The molecular formula is C21H22N4O4. The predicted octanol–water partition coefficient (Wildman–Crippen LogP) is 2.24. The quantitative estimate of drug-likeness (QED) is 0.668. The smallest absolute Gasteiger partial charge is 0.357 e. The number of rotatable bonds is 5. The van der Waals surface area contributed by atoms with Crippen LogP contribution in [-0.2, 0) is 9.47 Å². The van der Waals surface area contributed by atoms with Crippen molar-refractivity contribution < 1.29 is 14.3 Å². The van der Waals surface area contributed by atoms with Gasteiger partial charge in [-0.15, -0.1) is 0 Å². The average Bonchev–Trinajstić information content (AvgIpc) is 3.12. The van der Waals surface area contributed by atoms with Crippen molar-refractivity contribution >= 4 is 11.8 Å². The number of carbonyl (C=O) groups excluding carboxylic acids is 1. The second-order valence-electron chi connectivity index (χ2n) is 6.53. The summed E-state index contributed by atoms with van der Waals surface area (Å²) in [6.45, 7) is 4.63. The molecule has 3 aromatic rings. The van der Waals surface area contributed by atoms with Gasteiger partial charge in [0.25, 0.3) is 0 Å². The van der Waals surface area contributed by atoms with E-state index in [0.29, 0.717) is 24.7 Å². The Labute approximate surface area is 167 Å². The zero-order valence-corrected chi connectivity index (χ0v) is 16.1. The molecule has 8 heteroatoms. The number of nitrogens with zero attached hydrogens (tertiary/aromatic N) is 3. The van der Waals surface area contributed by atoms with Gasteiger partial charge < -0.3 is 19.4 Å². The molecule has 1 aliphatic heterocycles. The third-order valence-electron chi connectivity index (χ3n) is 4.71. The first-order chi connectivity index (χ1) is 14.2. The first-order valence-corrected chi connectivity index (χ1v) is 9.56. The van der Waals surface area contributed by atoms with Crippen LogP contribution in [0.2, 0.25) is 0 Å². The molecule has 29 heavy (non-hydrogen) atoms. The Balaban J connectivity index is 1.84. The van der Waals surface area contributed by atoms with Crippen LogP contribution >= 0.6 is 0 Å². The number of ether oxygens (including phenoxy) is 2. The minimum Gasteiger partial charge on any atom is -0.461 e. The molecule has 0 bridgehead atoms. The molecule has 1 N–H and O–H groups in total. The fourth-order valence-corrected chi connectivity index (χ4v) is 3.37. The Morgan fingerprint density at radius 2 is 1.83 bits per heavy atom. The molecule has 8 nitrogen and oxygen atoms in total. The maximum absolute atomic E-state index is 12.9. The molecule has 0 amide bonds. The third-order valence-corrected chi connectivity index (χ3v) is 4.71. The van der Waals surface area contributed by atoms with Crippen LogP contribution in [0.1, 0.15) is 17.4 Å². The number of benzene rings is 1. The highest BCUT2D eigenvalue weighted by Gasteiger charge is 2.25. The minimum absolute atomic E-state index is 0.134. The van der Waals surface area contributed by atoms with Crippen molar-refractivity contribution in [3.05, 3.63) is 64.7 Å². The molecule has 1 fully saturated rings. The fourth-order valence-electron chi connectivity index (χ4n) is 3.37. The molecule has 4 rings (SSSR count). The molecule has 2 aromatic heterocycles. The van der Waals surface area contributed by atoms with Gasteiger partial charge >= 0.3 is 11.7 Å². The molecule has 0 unspecified atom stereocenters. The van der Waals surface area contributed by atoms with Crippen LogP contribution < -0.4 is 10.6 Å². The SMILES string of the molecule is CCOC(=O)c1c(-c2ccccc2)[nH]c(=O)n1-c1cccc(N2CCOCC2)n1. The number of morpholine rings is 1. The number of anilines is 1. The molecule has 3 heterocycles. The summed E-state index contributed by atoms with van der Waals surface area (Å²) in [5.74, 6) is 0.513. The Kier molecular flexibility index (Phi) is 5.44. The summed E-state index contributed by atoms with van der Waals surface area (Å²) < 4.78 is 11.9. The Bertz CT molecular complexity index is 1050. The molecule has 0 aliphatic carbocycles. The molecule has 150 valence electrons. The van der Waals surface area contributed by atoms with Crippen molar-refractivity contribution in [1.82, 2.24) is 14.5 Å². The Morgan fingerprint density at radius 1 is 1.10 bits per heavy atom. The lowest BCUT2D eigenvalue weighted by Gasteiger charge is -2.28. The van der Waals surface area contributed by atoms with Crippen LogP contribution in [0.4, 0.5) is 5.82 Å². The standard InChI is InChI=1S/C21H22N4O4/c1-2-29-20(26)19-18(15-7-4-3-5-8-15)23-21(27)25(19)17-10-6-9-16(22-17)24-11-13-28-14-12-24/h3-10H,2,11-14H2,1H3,(H,23,27). The minimum atomic E-state index is -0.580. The van der Waals surface area contributed by atoms with Gasteiger partial charge in [-0.25, -0.2) is 19.1 Å². The Morgan fingerprint density at radius 3 is 2.55 bits per heavy atom. The molecule has 1 aliphatic rings. The predicted molar refractivity (Wildman–Crippen MR) is 109 cm³/mol. The topological polar surface area (TPSA) is 89.5 Å². The van der Waals surface area contributed by atoms with Crippen molar-refractivity contribution in [2.24, 2.45) is 0 Å². The van der Waals surface area contributed by atoms with Crippen molar-refractivity contribution in [3.63, 3.8) is 0 Å². The lowest BCUT2D eigenvalue weighted by molar-refractivity contribution is 0.0517. The lowest BCUT2D eigenvalue weighted by Crippen LogP contribution is -2.37. The van der Waals surface area contributed by atoms with Gasteiger partial charge in [0.05, 0.1) is 25.5 Å². The summed E-state index contributed by atoms with van der Waals surface area (Å²) in [6.07, 6.45) is 0. The van der Waals surface area contributed by atoms with Crippen LogP contribution in [0.3, 0.4) is 0 Å². The maximum atomic E-state index is 12.9. The summed E-state index contributed by atoms with van der Waals surface area (Å²) in [5.41, 5.74) is 0.816. The number of carbonyl (C=O) groups is 1. The molecule has 0 spiro atoms. The van der Waals surface area contributed by atoms with Gasteiger partial charge in [0, 0.05) is 18.7 Å². The fraction of sp³-hybridized carbons (Fsp3) is 0.286. The highest BCUT2D eigenvalue weighted by Crippen LogP contribution is 2.24. The van der Waals surface area contributed by atoms with E-state index in [4.69, 9.17) is 9.47 Å². The highest BCUT2D eigenvalue weighted by atomic mass is 16.5. The van der Waals surface area contributed by atoms with Crippen molar-refractivity contribution in [2.45, 2.75) is 6.92 Å². The van der Waals surface area contributed by atoms with E-state index in [1.54, 1.807) is 13.0 Å². The number of nitrogens with one attached hydrogen (secondary N) is 1. The third kappa shape index (κ3) is 3.79. The molecule has 1 aromatic carbocycles. The maximum Gasteiger partial charge on any atom is 0.357 e. The van der Waals surface area contributed by atoms with Crippen LogP contribution in [0, 0.1) is 0 Å². The van der Waals surface area contributed by atoms with Crippen LogP contribution in [0.15, 0.2) is 53.3 Å². The molecule has 0 radical (unpaired) electrons. The molecule has 1 saturated heterocycles. The van der Waals surface area contributed by atoms with Crippen LogP contribution in [-0.4, -0.2) is 53.4 Å². The number of pyridine rings is 1. The van der Waals surface area contributed by atoms with Crippen LogP contribution in [0.5, 0.6) is 0 Å².